The van der Waals surface area contributed by atoms with Crippen LogP contribution in [0.3, 0.4) is 0 Å². The van der Waals surface area contributed by atoms with Crippen molar-refractivity contribution < 1.29 is 14.3 Å². The van der Waals surface area contributed by atoms with Crippen LogP contribution >= 0.6 is 0 Å². The quantitative estimate of drug-likeness (QED) is 0.681. The molecule has 4 rings (SSSR count). The Morgan fingerprint density at radius 2 is 2.38 bits per heavy atom. The summed E-state index contributed by atoms with van der Waals surface area (Å²) in [5, 5.41) is 17.4. The maximum atomic E-state index is 12.4. The minimum Gasteiger partial charge on any atom is -0.460 e. The van der Waals surface area contributed by atoms with E-state index in [4.69, 9.17) is 4.42 Å². The second-order valence-electron chi connectivity index (χ2n) is 6.53. The molecule has 3 atom stereocenters. The van der Waals surface area contributed by atoms with E-state index in [-0.39, 0.29) is 11.9 Å². The van der Waals surface area contributed by atoms with E-state index in [1.165, 1.54) is 0 Å². The lowest BCUT2D eigenvalue weighted by molar-refractivity contribution is 0.0868. The number of nitrogens with zero attached hydrogens (tertiary/aromatic N) is 2. The normalized spacial score (nSPS) is 23.8. The number of amides is 1. The smallest absolute Gasteiger partial charge is 0.268 e. The highest BCUT2D eigenvalue weighted by atomic mass is 16.3. The second kappa shape index (κ2) is 5.83. The standard InChI is InChI=1S/C17H20N4O3/c1-10-5-13-16(24-10)8-14(19-13)17(23)20-12-6-11(7-15(12)22)9-21-4-2-3-18-21/h2-5,8,11-12,15,19,22H,6-7,9H2,1H3,(H,20,23)/t11?,12-,15-/m1/s1. The van der Waals surface area contributed by atoms with Gasteiger partial charge in [0.1, 0.15) is 11.5 Å². The van der Waals surface area contributed by atoms with Gasteiger partial charge >= 0.3 is 0 Å². The second-order valence-corrected chi connectivity index (χ2v) is 6.53. The van der Waals surface area contributed by atoms with Crippen LogP contribution in [0, 0.1) is 12.8 Å². The van der Waals surface area contributed by atoms with Gasteiger partial charge in [0.2, 0.25) is 0 Å². The molecule has 3 aromatic heterocycles. The number of fused-ring (bicyclic) bond motifs is 1. The van der Waals surface area contributed by atoms with Gasteiger partial charge in [-0.05, 0) is 31.7 Å². The van der Waals surface area contributed by atoms with Crippen molar-refractivity contribution in [3.05, 3.63) is 42.0 Å². The predicted molar refractivity (Wildman–Crippen MR) is 87.5 cm³/mol. The van der Waals surface area contributed by atoms with Gasteiger partial charge in [0, 0.05) is 31.1 Å². The number of carbonyl (C=O) groups excluding carboxylic acids is 1. The molecule has 24 heavy (non-hydrogen) atoms. The number of aromatic amines is 1. The third-order valence-electron chi connectivity index (χ3n) is 4.62. The summed E-state index contributed by atoms with van der Waals surface area (Å²) in [7, 11) is 0. The van der Waals surface area contributed by atoms with Crippen molar-refractivity contribution in [3.8, 4) is 0 Å². The van der Waals surface area contributed by atoms with Crippen LogP contribution in [0.5, 0.6) is 0 Å². The molecule has 1 saturated carbocycles. The number of hydrogen-bond acceptors (Lipinski definition) is 4. The third-order valence-corrected chi connectivity index (χ3v) is 4.62. The van der Waals surface area contributed by atoms with Gasteiger partial charge in [-0.15, -0.1) is 0 Å². The van der Waals surface area contributed by atoms with E-state index in [0.717, 1.165) is 24.2 Å². The number of H-pyrrole nitrogens is 1. The van der Waals surface area contributed by atoms with Gasteiger partial charge in [-0.25, -0.2) is 0 Å². The predicted octanol–water partition coefficient (Wildman–Crippen LogP) is 1.84. The van der Waals surface area contributed by atoms with Crippen LogP contribution in [-0.4, -0.2) is 37.9 Å². The monoisotopic (exact) mass is 328 g/mol. The summed E-state index contributed by atoms with van der Waals surface area (Å²) in [6, 6.07) is 5.19. The Morgan fingerprint density at radius 1 is 1.50 bits per heavy atom. The van der Waals surface area contributed by atoms with Gasteiger partial charge in [0.05, 0.1) is 17.7 Å². The average Bonchev–Trinajstić information content (AvgIpc) is 3.26. The van der Waals surface area contributed by atoms with Gasteiger partial charge in [0.25, 0.3) is 5.91 Å². The Morgan fingerprint density at radius 3 is 3.12 bits per heavy atom. The van der Waals surface area contributed by atoms with Crippen molar-refractivity contribution in [2.24, 2.45) is 5.92 Å². The fraction of sp³-hybridized carbons (Fsp3) is 0.412. The number of furan rings is 1. The molecule has 0 bridgehead atoms. The van der Waals surface area contributed by atoms with E-state index in [1.807, 2.05) is 29.9 Å². The highest BCUT2D eigenvalue weighted by Gasteiger charge is 2.34. The Bertz CT molecular complexity index is 817. The first-order valence-corrected chi connectivity index (χ1v) is 8.14. The van der Waals surface area contributed by atoms with Gasteiger partial charge in [-0.2, -0.15) is 5.10 Å². The maximum Gasteiger partial charge on any atom is 0.268 e. The molecule has 1 aliphatic rings. The molecule has 3 N–H and O–H groups in total. The van der Waals surface area contributed by atoms with E-state index in [2.05, 4.69) is 15.4 Å². The van der Waals surface area contributed by atoms with Crippen LogP contribution in [0.2, 0.25) is 0 Å². The summed E-state index contributed by atoms with van der Waals surface area (Å²) < 4.78 is 7.36. The maximum absolute atomic E-state index is 12.4. The zero-order chi connectivity index (χ0) is 16.7. The van der Waals surface area contributed by atoms with Gasteiger partial charge < -0.3 is 19.8 Å². The number of aliphatic hydroxyl groups is 1. The summed E-state index contributed by atoms with van der Waals surface area (Å²) in [4.78, 5) is 15.5. The lowest BCUT2D eigenvalue weighted by atomic mass is 10.1. The van der Waals surface area contributed by atoms with Crippen molar-refractivity contribution in [2.45, 2.75) is 38.5 Å². The number of aromatic nitrogens is 3. The number of rotatable bonds is 4. The molecule has 0 aromatic carbocycles. The number of nitrogens with one attached hydrogen (secondary N) is 2. The Kier molecular flexibility index (Phi) is 3.65. The highest BCUT2D eigenvalue weighted by Crippen LogP contribution is 2.28. The van der Waals surface area contributed by atoms with Crippen molar-refractivity contribution in [3.63, 3.8) is 0 Å². The zero-order valence-electron chi connectivity index (χ0n) is 13.4. The Hall–Kier alpha value is -2.54. The molecule has 1 amide bonds. The van der Waals surface area contributed by atoms with Gasteiger partial charge in [-0.3, -0.25) is 9.48 Å². The van der Waals surface area contributed by atoms with E-state index in [0.29, 0.717) is 23.6 Å². The molecule has 1 aliphatic carbocycles. The van der Waals surface area contributed by atoms with Crippen LogP contribution in [0.25, 0.3) is 11.1 Å². The van der Waals surface area contributed by atoms with E-state index >= 15 is 0 Å². The fourth-order valence-corrected chi connectivity index (χ4v) is 3.51. The molecule has 3 aromatic rings. The zero-order valence-corrected chi connectivity index (χ0v) is 13.4. The molecule has 1 unspecified atom stereocenters. The van der Waals surface area contributed by atoms with Crippen molar-refractivity contribution in [1.82, 2.24) is 20.1 Å². The number of hydrogen-bond donors (Lipinski definition) is 3. The van der Waals surface area contributed by atoms with Crippen LogP contribution in [-0.2, 0) is 6.54 Å². The lowest BCUT2D eigenvalue weighted by Gasteiger charge is -2.15. The van der Waals surface area contributed by atoms with Crippen LogP contribution in [0.4, 0.5) is 0 Å². The minimum absolute atomic E-state index is 0.220. The molecule has 7 nitrogen and oxygen atoms in total. The molecular formula is C17H20N4O3. The van der Waals surface area contributed by atoms with E-state index < -0.39 is 6.10 Å². The molecular weight excluding hydrogens is 308 g/mol. The molecule has 7 heteroatoms. The summed E-state index contributed by atoms with van der Waals surface area (Å²) in [5.41, 5.74) is 1.92. The van der Waals surface area contributed by atoms with Crippen LogP contribution in [0.1, 0.15) is 29.1 Å². The molecule has 0 saturated heterocycles. The highest BCUT2D eigenvalue weighted by molar-refractivity contribution is 5.97. The molecule has 0 radical (unpaired) electrons. The largest absolute Gasteiger partial charge is 0.460 e. The van der Waals surface area contributed by atoms with Gasteiger partial charge in [0.15, 0.2) is 5.58 Å². The summed E-state index contributed by atoms with van der Waals surface area (Å²) in [5.74, 6) is 0.881. The fourth-order valence-electron chi connectivity index (χ4n) is 3.51. The SMILES string of the molecule is Cc1cc2[nH]c(C(=O)N[C@@H]3CC(Cn4cccn4)C[C@H]3O)cc2o1. The van der Waals surface area contributed by atoms with E-state index in [1.54, 1.807) is 12.3 Å². The van der Waals surface area contributed by atoms with Crippen molar-refractivity contribution in [1.29, 1.82) is 0 Å². The molecule has 1 fully saturated rings. The topological polar surface area (TPSA) is 96.1 Å². The summed E-state index contributed by atoms with van der Waals surface area (Å²) in [6.07, 6.45) is 4.52. The third kappa shape index (κ3) is 2.82. The average molecular weight is 328 g/mol. The van der Waals surface area contributed by atoms with E-state index in [9.17, 15) is 9.90 Å². The van der Waals surface area contributed by atoms with Crippen molar-refractivity contribution in [2.75, 3.05) is 0 Å². The number of aliphatic hydroxyl groups excluding tert-OH is 1. The first kappa shape index (κ1) is 15.0. The Balaban J connectivity index is 1.40. The van der Waals surface area contributed by atoms with Crippen LogP contribution in [0.15, 0.2) is 35.0 Å². The number of carbonyl (C=O) groups is 1. The summed E-state index contributed by atoms with van der Waals surface area (Å²) in [6.45, 7) is 2.62. The van der Waals surface area contributed by atoms with Gasteiger partial charge in [-0.1, -0.05) is 0 Å². The lowest BCUT2D eigenvalue weighted by Crippen LogP contribution is -2.40. The minimum atomic E-state index is -0.533. The molecule has 0 spiro atoms. The number of aryl methyl sites for hydroxylation is 1. The Labute approximate surface area is 138 Å². The first-order chi connectivity index (χ1) is 11.6. The first-order valence-electron chi connectivity index (χ1n) is 8.14. The van der Waals surface area contributed by atoms with Crippen molar-refractivity contribution >= 4 is 17.0 Å². The summed E-state index contributed by atoms with van der Waals surface area (Å²) >= 11 is 0. The van der Waals surface area contributed by atoms with Crippen LogP contribution < -0.4 is 5.32 Å². The molecule has 0 aliphatic heterocycles. The molecule has 126 valence electrons. The molecule has 3 heterocycles.